The highest BCUT2D eigenvalue weighted by Crippen LogP contribution is 2.26. The molecule has 1 amide bonds. The van der Waals surface area contributed by atoms with Crippen LogP contribution in [0.25, 0.3) is 0 Å². The molecule has 1 heterocycles. The number of ether oxygens (including phenoxy) is 1. The molecule has 1 aromatic heterocycles. The molecule has 2 rings (SSSR count). The molecule has 7 nitrogen and oxygen atoms in total. The van der Waals surface area contributed by atoms with Gasteiger partial charge in [0.1, 0.15) is 11.8 Å². The molecule has 0 radical (unpaired) electrons. The maximum absolute atomic E-state index is 13.5. The van der Waals surface area contributed by atoms with Crippen LogP contribution in [0.2, 0.25) is 0 Å². The quantitative estimate of drug-likeness (QED) is 0.557. The zero-order valence-corrected chi connectivity index (χ0v) is 18.5. The lowest BCUT2D eigenvalue weighted by molar-refractivity contribution is -0.126. The van der Waals surface area contributed by atoms with Crippen molar-refractivity contribution < 1.29 is 17.9 Å². The molecule has 1 N–H and O–H groups in total. The molecule has 0 saturated heterocycles. The number of nitrogens with zero attached hydrogens (tertiary/aromatic N) is 2. The van der Waals surface area contributed by atoms with E-state index in [9.17, 15) is 13.2 Å². The zero-order chi connectivity index (χ0) is 21.4. The Balaban J connectivity index is 2.50. The van der Waals surface area contributed by atoms with Gasteiger partial charge in [0.15, 0.2) is 0 Å². The minimum atomic E-state index is -3.97. The van der Waals surface area contributed by atoms with Crippen LogP contribution in [0.1, 0.15) is 19.4 Å². The molecule has 9 heteroatoms. The van der Waals surface area contributed by atoms with Gasteiger partial charge in [0.05, 0.1) is 12.0 Å². The summed E-state index contributed by atoms with van der Waals surface area (Å²) in [6.45, 7) is 4.03. The van der Waals surface area contributed by atoms with E-state index in [0.717, 1.165) is 0 Å². The van der Waals surface area contributed by atoms with E-state index in [1.807, 2.05) is 13.8 Å². The number of sulfonamides is 1. The number of nitrogens with one attached hydrogen (secondary N) is 1. The summed E-state index contributed by atoms with van der Waals surface area (Å²) in [7, 11) is -2.46. The Morgan fingerprint density at radius 3 is 2.45 bits per heavy atom. The van der Waals surface area contributed by atoms with Gasteiger partial charge < -0.3 is 10.1 Å². The van der Waals surface area contributed by atoms with Crippen LogP contribution in [0.5, 0.6) is 5.75 Å². The Labute approximate surface area is 177 Å². The normalized spacial score (nSPS) is 12.8. The first-order valence-electron chi connectivity index (χ1n) is 9.24. The fraction of sp³-hybridized carbons (Fsp3) is 0.400. The largest absolute Gasteiger partial charge is 0.497 e. The van der Waals surface area contributed by atoms with Crippen LogP contribution in [-0.4, -0.2) is 49.1 Å². The number of aromatic nitrogens is 1. The Bertz CT molecular complexity index is 888. The monoisotopic (exact) mass is 437 g/mol. The number of rotatable bonds is 10. The van der Waals surface area contributed by atoms with Gasteiger partial charge in [-0.1, -0.05) is 19.9 Å². The molecule has 0 fully saturated rings. The zero-order valence-electron chi connectivity index (χ0n) is 16.8. The van der Waals surface area contributed by atoms with Gasteiger partial charge in [0.25, 0.3) is 0 Å². The second kappa shape index (κ2) is 10.6. The Morgan fingerprint density at radius 2 is 1.93 bits per heavy atom. The molecule has 0 saturated carbocycles. The van der Waals surface area contributed by atoms with Crippen LogP contribution in [0, 0.1) is 5.92 Å². The summed E-state index contributed by atoms with van der Waals surface area (Å²) in [5.41, 5.74) is 0.692. The molecule has 2 aromatic rings. The average Bonchev–Trinajstić information content (AvgIpc) is 2.72. The first kappa shape index (κ1) is 23.2. The van der Waals surface area contributed by atoms with Crippen molar-refractivity contribution in [2.24, 2.45) is 5.92 Å². The molecule has 0 aliphatic carbocycles. The van der Waals surface area contributed by atoms with Gasteiger partial charge in [-0.2, -0.15) is 16.9 Å². The van der Waals surface area contributed by atoms with E-state index in [2.05, 4.69) is 22.9 Å². The minimum Gasteiger partial charge on any atom is -0.497 e. The van der Waals surface area contributed by atoms with Crippen LogP contribution < -0.4 is 10.1 Å². The summed E-state index contributed by atoms with van der Waals surface area (Å²) >= 11 is 4.11. The third-order valence-electron chi connectivity index (χ3n) is 4.35. The second-order valence-electron chi connectivity index (χ2n) is 6.79. The number of carbonyl (C=O) groups excluding carboxylic acids is 1. The number of methoxy groups -OCH3 is 1. The van der Waals surface area contributed by atoms with Crippen molar-refractivity contribution in [2.45, 2.75) is 31.3 Å². The standard InChI is InChI=1S/C20H27N3O4S2/c1-15(2)19(20(24)22-11-12-28)23(14-16-5-4-10-21-13-16)29(25,26)18-8-6-17(27-3)7-9-18/h4-10,13,15,19,28H,11-12,14H2,1-3H3,(H,22,24)/t19-/m1/s1. The summed E-state index contributed by atoms with van der Waals surface area (Å²) in [5.74, 6) is 0.411. The molecular weight excluding hydrogens is 410 g/mol. The second-order valence-corrected chi connectivity index (χ2v) is 9.13. The first-order valence-corrected chi connectivity index (χ1v) is 11.3. The van der Waals surface area contributed by atoms with Crippen LogP contribution >= 0.6 is 12.6 Å². The van der Waals surface area contributed by atoms with E-state index in [4.69, 9.17) is 4.74 Å². The molecule has 0 aliphatic rings. The van der Waals surface area contributed by atoms with E-state index in [0.29, 0.717) is 23.6 Å². The molecule has 158 valence electrons. The smallest absolute Gasteiger partial charge is 0.244 e. The van der Waals surface area contributed by atoms with Gasteiger partial charge in [-0.15, -0.1) is 0 Å². The number of pyridine rings is 1. The van der Waals surface area contributed by atoms with E-state index in [1.165, 1.54) is 23.5 Å². The van der Waals surface area contributed by atoms with E-state index in [1.54, 1.807) is 36.7 Å². The lowest BCUT2D eigenvalue weighted by Gasteiger charge is -2.32. The lowest BCUT2D eigenvalue weighted by atomic mass is 10.0. The third-order valence-corrected chi connectivity index (χ3v) is 6.41. The number of thiol groups is 1. The third kappa shape index (κ3) is 5.94. The van der Waals surface area contributed by atoms with Crippen LogP contribution in [0.15, 0.2) is 53.7 Å². The molecule has 0 bridgehead atoms. The van der Waals surface area contributed by atoms with Crippen molar-refractivity contribution in [3.05, 3.63) is 54.4 Å². The molecule has 0 unspecified atom stereocenters. The first-order chi connectivity index (χ1) is 13.8. The van der Waals surface area contributed by atoms with Crippen LogP contribution in [0.3, 0.4) is 0 Å². The van der Waals surface area contributed by atoms with Crippen molar-refractivity contribution in [1.29, 1.82) is 0 Å². The lowest BCUT2D eigenvalue weighted by Crippen LogP contribution is -2.52. The highest BCUT2D eigenvalue weighted by Gasteiger charge is 2.37. The molecule has 0 spiro atoms. The molecule has 1 atom stereocenters. The van der Waals surface area contributed by atoms with Crippen molar-refractivity contribution in [3.63, 3.8) is 0 Å². The number of hydrogen-bond acceptors (Lipinski definition) is 6. The number of benzene rings is 1. The SMILES string of the molecule is COc1ccc(S(=O)(=O)N(Cc2cccnc2)[C@@H](C(=O)NCCS)C(C)C)cc1. The van der Waals surface area contributed by atoms with Crippen LogP contribution in [0.4, 0.5) is 0 Å². The summed E-state index contributed by atoms with van der Waals surface area (Å²) < 4.78 is 33.4. The van der Waals surface area contributed by atoms with Crippen molar-refractivity contribution in [2.75, 3.05) is 19.4 Å². The number of amides is 1. The average molecular weight is 438 g/mol. The highest BCUT2D eigenvalue weighted by atomic mass is 32.2. The predicted octanol–water partition coefficient (Wildman–Crippen LogP) is 2.35. The van der Waals surface area contributed by atoms with Crippen molar-refractivity contribution >= 4 is 28.6 Å². The van der Waals surface area contributed by atoms with E-state index < -0.39 is 16.1 Å². The Hall–Kier alpha value is -2.10. The predicted molar refractivity (Wildman–Crippen MR) is 115 cm³/mol. The Morgan fingerprint density at radius 1 is 1.24 bits per heavy atom. The topological polar surface area (TPSA) is 88.6 Å². The number of carbonyl (C=O) groups is 1. The molecule has 0 aliphatic heterocycles. The summed E-state index contributed by atoms with van der Waals surface area (Å²) in [6, 6.07) is 8.76. The Kier molecular flexibility index (Phi) is 8.48. The van der Waals surface area contributed by atoms with Crippen molar-refractivity contribution in [3.8, 4) is 5.75 Å². The van der Waals surface area contributed by atoms with Gasteiger partial charge in [-0.25, -0.2) is 8.42 Å². The summed E-state index contributed by atoms with van der Waals surface area (Å²) in [6.07, 6.45) is 3.21. The fourth-order valence-electron chi connectivity index (χ4n) is 2.94. The van der Waals surface area contributed by atoms with Crippen LogP contribution in [-0.2, 0) is 21.4 Å². The maximum atomic E-state index is 13.5. The van der Waals surface area contributed by atoms with Gasteiger partial charge in [-0.3, -0.25) is 9.78 Å². The molecule has 29 heavy (non-hydrogen) atoms. The number of hydrogen-bond donors (Lipinski definition) is 2. The minimum absolute atomic E-state index is 0.0271. The molecule has 1 aromatic carbocycles. The van der Waals surface area contributed by atoms with Gasteiger partial charge in [0.2, 0.25) is 15.9 Å². The van der Waals surface area contributed by atoms with E-state index >= 15 is 0 Å². The van der Waals surface area contributed by atoms with Gasteiger partial charge >= 0.3 is 0 Å². The van der Waals surface area contributed by atoms with Crippen molar-refractivity contribution in [1.82, 2.24) is 14.6 Å². The summed E-state index contributed by atoms with van der Waals surface area (Å²) in [5, 5.41) is 2.76. The molecular formula is C20H27N3O4S2. The maximum Gasteiger partial charge on any atom is 0.244 e. The summed E-state index contributed by atoms with van der Waals surface area (Å²) in [4.78, 5) is 17.0. The fourth-order valence-corrected chi connectivity index (χ4v) is 4.76. The van der Waals surface area contributed by atoms with Gasteiger partial charge in [0, 0.05) is 31.2 Å². The highest BCUT2D eigenvalue weighted by molar-refractivity contribution is 7.89. The van der Waals surface area contributed by atoms with E-state index in [-0.39, 0.29) is 23.3 Å². The van der Waals surface area contributed by atoms with Gasteiger partial charge in [-0.05, 0) is 41.8 Å².